The Bertz CT molecular complexity index is 1590. The Morgan fingerprint density at radius 2 is 1.62 bits per heavy atom. The number of aliphatic hydroxyl groups is 2. The summed E-state index contributed by atoms with van der Waals surface area (Å²) in [5, 5.41) is 25.9. The molecule has 0 aliphatic carbocycles. The van der Waals surface area contributed by atoms with Gasteiger partial charge in [0.25, 0.3) is 5.56 Å². The van der Waals surface area contributed by atoms with Crippen LogP contribution < -0.4 is 11.2 Å². The van der Waals surface area contributed by atoms with E-state index in [1.54, 1.807) is 0 Å². The zero-order valence-corrected chi connectivity index (χ0v) is 17.0. The quantitative estimate of drug-likeness (QED) is 0.383. The lowest BCUT2D eigenvalue weighted by Crippen LogP contribution is -2.33. The largest absolute Gasteiger partial charge is 0.394 e. The van der Waals surface area contributed by atoms with Crippen LogP contribution in [0.4, 0.5) is 0 Å². The van der Waals surface area contributed by atoms with Gasteiger partial charge in [0.05, 0.1) is 18.3 Å². The molecule has 6 rings (SSSR count). The number of benzene rings is 4. The number of aromatic amines is 1. The van der Waals surface area contributed by atoms with Crippen LogP contribution in [-0.2, 0) is 4.74 Å². The molecule has 0 bridgehead atoms. The van der Waals surface area contributed by atoms with E-state index in [1.807, 2.05) is 30.3 Å². The van der Waals surface area contributed by atoms with Crippen molar-refractivity contribution >= 4 is 32.3 Å². The third kappa shape index (κ3) is 2.72. The second kappa shape index (κ2) is 7.00. The summed E-state index contributed by atoms with van der Waals surface area (Å²) in [5.74, 6) is 0. The van der Waals surface area contributed by atoms with Crippen molar-refractivity contribution < 1.29 is 14.9 Å². The normalized spacial score (nSPS) is 21.2. The maximum absolute atomic E-state index is 12.9. The number of aromatic nitrogens is 2. The van der Waals surface area contributed by atoms with E-state index in [0.717, 1.165) is 32.3 Å². The molecule has 2 heterocycles. The highest BCUT2D eigenvalue weighted by Crippen LogP contribution is 2.38. The molecule has 0 radical (unpaired) electrons. The Hall–Kier alpha value is -3.52. The van der Waals surface area contributed by atoms with E-state index in [-0.39, 0.29) is 13.0 Å². The molecule has 32 heavy (non-hydrogen) atoms. The van der Waals surface area contributed by atoms with E-state index in [2.05, 4.69) is 29.2 Å². The number of nitrogens with zero attached hydrogens (tertiary/aromatic N) is 1. The van der Waals surface area contributed by atoms with Crippen LogP contribution in [0.15, 0.2) is 70.4 Å². The first-order valence-electron chi connectivity index (χ1n) is 10.5. The topological polar surface area (TPSA) is 105 Å². The molecule has 1 fully saturated rings. The average Bonchev–Trinajstić information content (AvgIpc) is 3.18. The van der Waals surface area contributed by atoms with Crippen LogP contribution in [0.1, 0.15) is 12.6 Å². The molecule has 1 saturated heterocycles. The zero-order valence-electron chi connectivity index (χ0n) is 17.0. The highest BCUT2D eigenvalue weighted by Gasteiger charge is 2.35. The van der Waals surface area contributed by atoms with Crippen molar-refractivity contribution in [1.82, 2.24) is 9.55 Å². The molecule has 0 unspecified atom stereocenters. The first-order valence-corrected chi connectivity index (χ1v) is 10.5. The summed E-state index contributed by atoms with van der Waals surface area (Å²) in [6.07, 6.45) is -0.789. The maximum Gasteiger partial charge on any atom is 0.330 e. The van der Waals surface area contributed by atoms with E-state index in [9.17, 15) is 19.8 Å². The van der Waals surface area contributed by atoms with Gasteiger partial charge in [0.2, 0.25) is 0 Å². The molecule has 3 atom stereocenters. The molecule has 0 saturated carbocycles. The fraction of sp³-hybridized carbons (Fsp3) is 0.200. The maximum atomic E-state index is 12.9. The standard InChI is InChI=1S/C25H20N2O5/c28-12-20-19(29)10-21(32-20)27-11-18(24(30)26-25(27)31)16-8-6-15-5-4-13-2-1-3-14-7-9-17(16)23(15)22(13)14/h1-9,11,19-21,28-29H,10,12H2,(H,26,30,31)/t19-,20+,21+/m0/s1. The van der Waals surface area contributed by atoms with E-state index in [0.29, 0.717) is 11.1 Å². The van der Waals surface area contributed by atoms with E-state index < -0.39 is 29.7 Å². The number of nitrogens with one attached hydrogen (secondary N) is 1. The number of rotatable bonds is 3. The number of H-pyrrole nitrogens is 1. The molecule has 7 nitrogen and oxygen atoms in total. The monoisotopic (exact) mass is 428 g/mol. The molecule has 3 N–H and O–H groups in total. The third-order valence-corrected chi connectivity index (χ3v) is 6.48. The summed E-state index contributed by atoms with van der Waals surface area (Å²) in [6, 6.07) is 18.3. The summed E-state index contributed by atoms with van der Waals surface area (Å²) < 4.78 is 6.93. The number of aliphatic hydroxyl groups excluding tert-OH is 2. The first-order chi connectivity index (χ1) is 15.5. The molecule has 160 valence electrons. The van der Waals surface area contributed by atoms with Crippen LogP contribution in [0, 0.1) is 0 Å². The van der Waals surface area contributed by atoms with Crippen molar-refractivity contribution in [2.45, 2.75) is 24.9 Å². The highest BCUT2D eigenvalue weighted by molar-refractivity contribution is 6.25. The summed E-state index contributed by atoms with van der Waals surface area (Å²) in [6.45, 7) is -0.350. The lowest BCUT2D eigenvalue weighted by molar-refractivity contribution is -0.0458. The van der Waals surface area contributed by atoms with Crippen LogP contribution in [0.2, 0.25) is 0 Å². The Kier molecular flexibility index (Phi) is 4.19. The minimum Gasteiger partial charge on any atom is -0.394 e. The molecule has 0 amide bonds. The molecule has 5 aromatic rings. The first kappa shape index (κ1) is 19.2. The zero-order chi connectivity index (χ0) is 22.0. The predicted octanol–water partition coefficient (Wildman–Crippen LogP) is 2.74. The number of ether oxygens (including phenoxy) is 1. The second-order valence-corrected chi connectivity index (χ2v) is 8.29. The lowest BCUT2D eigenvalue weighted by Gasteiger charge is -2.17. The van der Waals surface area contributed by atoms with Crippen molar-refractivity contribution in [3.63, 3.8) is 0 Å². The van der Waals surface area contributed by atoms with Crippen LogP contribution >= 0.6 is 0 Å². The molecule has 0 spiro atoms. The van der Waals surface area contributed by atoms with Gasteiger partial charge in [-0.1, -0.05) is 54.6 Å². The summed E-state index contributed by atoms with van der Waals surface area (Å²) in [5.41, 5.74) is -0.0538. The van der Waals surface area contributed by atoms with E-state index >= 15 is 0 Å². The van der Waals surface area contributed by atoms with Gasteiger partial charge < -0.3 is 14.9 Å². The van der Waals surface area contributed by atoms with Gasteiger partial charge in [0.15, 0.2) is 0 Å². The van der Waals surface area contributed by atoms with Crippen molar-refractivity contribution in [3.8, 4) is 11.1 Å². The van der Waals surface area contributed by atoms with E-state index in [4.69, 9.17) is 4.74 Å². The minimum atomic E-state index is -0.887. The van der Waals surface area contributed by atoms with Gasteiger partial charge in [-0.3, -0.25) is 14.3 Å². The molecular weight excluding hydrogens is 408 g/mol. The molecule has 1 aliphatic rings. The molecule has 1 aliphatic heterocycles. The number of hydrogen-bond acceptors (Lipinski definition) is 5. The van der Waals surface area contributed by atoms with Crippen LogP contribution in [0.25, 0.3) is 43.4 Å². The molecule has 1 aromatic heterocycles. The molecule has 4 aromatic carbocycles. The van der Waals surface area contributed by atoms with Crippen LogP contribution in [0.3, 0.4) is 0 Å². The van der Waals surface area contributed by atoms with Crippen molar-refractivity contribution in [2.24, 2.45) is 0 Å². The SMILES string of the molecule is O=c1[nH]c(=O)n([C@H]2C[C@H](O)[C@@H](CO)O2)cc1-c1ccc2ccc3cccc4ccc1c2c34. The Morgan fingerprint density at radius 1 is 0.938 bits per heavy atom. The minimum absolute atomic E-state index is 0.148. The number of hydrogen-bond donors (Lipinski definition) is 3. The Labute approximate surface area is 181 Å². The van der Waals surface area contributed by atoms with Gasteiger partial charge >= 0.3 is 5.69 Å². The van der Waals surface area contributed by atoms with E-state index in [1.165, 1.54) is 10.8 Å². The van der Waals surface area contributed by atoms with Gasteiger partial charge in [-0.25, -0.2) is 4.79 Å². The summed E-state index contributed by atoms with van der Waals surface area (Å²) in [4.78, 5) is 27.8. The predicted molar refractivity (Wildman–Crippen MR) is 122 cm³/mol. The fourth-order valence-corrected chi connectivity index (χ4v) is 4.91. The fourth-order valence-electron chi connectivity index (χ4n) is 4.91. The average molecular weight is 428 g/mol. The van der Waals surface area contributed by atoms with Gasteiger partial charge in [0.1, 0.15) is 12.3 Å². The van der Waals surface area contributed by atoms with Crippen molar-refractivity contribution in [3.05, 3.63) is 81.6 Å². The van der Waals surface area contributed by atoms with Crippen molar-refractivity contribution in [1.29, 1.82) is 0 Å². The van der Waals surface area contributed by atoms with Gasteiger partial charge in [-0.2, -0.15) is 0 Å². The summed E-state index contributed by atoms with van der Waals surface area (Å²) in [7, 11) is 0. The lowest BCUT2D eigenvalue weighted by atomic mass is 9.90. The summed E-state index contributed by atoms with van der Waals surface area (Å²) >= 11 is 0. The highest BCUT2D eigenvalue weighted by atomic mass is 16.5. The Morgan fingerprint density at radius 3 is 2.34 bits per heavy atom. The van der Waals surface area contributed by atoms with Gasteiger partial charge in [-0.05, 0) is 37.9 Å². The van der Waals surface area contributed by atoms with Gasteiger partial charge in [-0.15, -0.1) is 0 Å². The smallest absolute Gasteiger partial charge is 0.330 e. The Balaban J connectivity index is 1.59. The molecular formula is C25H20N2O5. The van der Waals surface area contributed by atoms with Crippen molar-refractivity contribution in [2.75, 3.05) is 6.61 Å². The third-order valence-electron chi connectivity index (χ3n) is 6.48. The van der Waals surface area contributed by atoms with Gasteiger partial charge in [0, 0.05) is 12.6 Å². The van der Waals surface area contributed by atoms with Crippen LogP contribution in [-0.4, -0.2) is 38.6 Å². The molecule has 7 heteroatoms. The second-order valence-electron chi connectivity index (χ2n) is 8.29. The van der Waals surface area contributed by atoms with Crippen LogP contribution in [0.5, 0.6) is 0 Å².